The molecule has 2 aliphatic heterocycles. The van der Waals surface area contributed by atoms with E-state index in [2.05, 4.69) is 23.1 Å². The Morgan fingerprint density at radius 3 is 2.54 bits per heavy atom. The molecule has 1 saturated heterocycles. The highest BCUT2D eigenvalue weighted by Gasteiger charge is 2.46. The Balaban J connectivity index is 1.39. The Morgan fingerprint density at radius 2 is 1.85 bits per heavy atom. The van der Waals surface area contributed by atoms with E-state index < -0.39 is 0 Å². The molecule has 3 fully saturated rings. The number of benzene rings is 1. The van der Waals surface area contributed by atoms with Gasteiger partial charge in [0, 0.05) is 18.3 Å². The van der Waals surface area contributed by atoms with Crippen molar-refractivity contribution in [3.05, 3.63) is 29.8 Å². The lowest BCUT2D eigenvalue weighted by Gasteiger charge is -2.46. The molecule has 1 spiro atoms. The fourth-order valence-corrected chi connectivity index (χ4v) is 6.68. The van der Waals surface area contributed by atoms with Crippen molar-refractivity contribution < 1.29 is 4.79 Å². The summed E-state index contributed by atoms with van der Waals surface area (Å²) in [5.41, 5.74) is 8.34. The molecule has 1 unspecified atom stereocenters. The number of anilines is 1. The van der Waals surface area contributed by atoms with Crippen LogP contribution in [-0.4, -0.2) is 36.6 Å². The second-order valence-corrected chi connectivity index (χ2v) is 9.17. The number of amides is 2. The average molecular weight is 354 g/mol. The smallest absolute Gasteiger partial charge is 0.319 e. The number of nitrogens with zero attached hydrogens (tertiary/aromatic N) is 2. The molecule has 4 aliphatic rings. The van der Waals surface area contributed by atoms with Crippen molar-refractivity contribution in [2.45, 2.75) is 62.8 Å². The van der Waals surface area contributed by atoms with Crippen molar-refractivity contribution in [1.29, 1.82) is 0 Å². The lowest BCUT2D eigenvalue weighted by molar-refractivity contribution is 0.0805. The van der Waals surface area contributed by atoms with E-state index >= 15 is 0 Å². The number of nitrogens with two attached hydrogens (primary N) is 1. The van der Waals surface area contributed by atoms with Gasteiger partial charge in [0.25, 0.3) is 0 Å². The highest BCUT2D eigenvalue weighted by Crippen LogP contribution is 2.50. The van der Waals surface area contributed by atoms with Crippen LogP contribution in [0.5, 0.6) is 0 Å². The van der Waals surface area contributed by atoms with Gasteiger partial charge in [-0.2, -0.15) is 0 Å². The second-order valence-electron chi connectivity index (χ2n) is 9.17. The molecule has 2 saturated carbocycles. The summed E-state index contributed by atoms with van der Waals surface area (Å²) >= 11 is 0. The highest BCUT2D eigenvalue weighted by molar-refractivity contribution is 5.92. The van der Waals surface area contributed by atoms with Gasteiger partial charge >= 0.3 is 6.03 Å². The third-order valence-corrected chi connectivity index (χ3v) is 7.99. The minimum Gasteiger partial charge on any atom is -0.351 e. The Hall–Kier alpha value is -1.55. The fraction of sp³-hybridized carbons (Fsp3) is 0.682. The SMILES string of the molecule is NC(=O)N1CCCC2(CCN(C3C[C@@H]4CC[C@@H]3C4)CC2)c2ccccc21. The van der Waals surface area contributed by atoms with E-state index in [1.807, 2.05) is 6.07 Å². The van der Waals surface area contributed by atoms with Crippen molar-refractivity contribution in [3.63, 3.8) is 0 Å². The number of urea groups is 1. The zero-order valence-corrected chi connectivity index (χ0v) is 15.7. The second kappa shape index (κ2) is 6.26. The van der Waals surface area contributed by atoms with Gasteiger partial charge < -0.3 is 10.6 Å². The number of likely N-dealkylation sites (tertiary alicyclic amines) is 1. The van der Waals surface area contributed by atoms with Crippen LogP contribution in [0, 0.1) is 11.8 Å². The zero-order chi connectivity index (χ0) is 17.7. The van der Waals surface area contributed by atoms with Crippen LogP contribution in [0.1, 0.15) is 56.9 Å². The third kappa shape index (κ3) is 2.57. The Kier molecular flexibility index (Phi) is 4.00. The first-order valence-corrected chi connectivity index (χ1v) is 10.6. The molecule has 1 aromatic carbocycles. The van der Waals surface area contributed by atoms with Crippen LogP contribution >= 0.6 is 0 Å². The van der Waals surface area contributed by atoms with Gasteiger partial charge in [-0.3, -0.25) is 4.90 Å². The van der Waals surface area contributed by atoms with E-state index in [-0.39, 0.29) is 11.4 Å². The molecule has 0 radical (unpaired) electrons. The number of carbonyl (C=O) groups is 1. The van der Waals surface area contributed by atoms with Crippen LogP contribution in [0.3, 0.4) is 0 Å². The molecule has 2 heterocycles. The summed E-state index contributed by atoms with van der Waals surface area (Å²) in [6, 6.07) is 9.06. The number of primary amides is 1. The lowest BCUT2D eigenvalue weighted by atomic mass is 9.69. The maximum Gasteiger partial charge on any atom is 0.319 e. The topological polar surface area (TPSA) is 49.6 Å². The lowest BCUT2D eigenvalue weighted by Crippen LogP contribution is -2.48. The van der Waals surface area contributed by atoms with Gasteiger partial charge in [-0.25, -0.2) is 4.79 Å². The van der Waals surface area contributed by atoms with Crippen LogP contribution in [0.4, 0.5) is 10.5 Å². The first kappa shape index (κ1) is 16.6. The number of fused-ring (bicyclic) bond motifs is 4. The summed E-state index contributed by atoms with van der Waals surface area (Å²) in [6.07, 6.45) is 10.6. The largest absolute Gasteiger partial charge is 0.351 e. The monoisotopic (exact) mass is 353 g/mol. The predicted molar refractivity (Wildman–Crippen MR) is 104 cm³/mol. The van der Waals surface area contributed by atoms with Crippen molar-refractivity contribution in [3.8, 4) is 0 Å². The van der Waals surface area contributed by atoms with Gasteiger partial charge in [0.2, 0.25) is 0 Å². The maximum absolute atomic E-state index is 12.0. The molecule has 2 aliphatic carbocycles. The van der Waals surface area contributed by atoms with Crippen LogP contribution in [0.25, 0.3) is 0 Å². The predicted octanol–water partition coefficient (Wildman–Crippen LogP) is 3.89. The number of carbonyl (C=O) groups excluding carboxylic acids is 1. The summed E-state index contributed by atoms with van der Waals surface area (Å²) in [6.45, 7) is 3.20. The van der Waals surface area contributed by atoms with Crippen molar-refractivity contribution in [2.75, 3.05) is 24.5 Å². The molecular formula is C22H31N3O. The van der Waals surface area contributed by atoms with E-state index in [0.29, 0.717) is 0 Å². The Labute approximate surface area is 156 Å². The molecule has 2 bridgehead atoms. The summed E-state index contributed by atoms with van der Waals surface area (Å²) in [4.78, 5) is 16.6. The van der Waals surface area contributed by atoms with Crippen LogP contribution in [0.2, 0.25) is 0 Å². The molecule has 26 heavy (non-hydrogen) atoms. The van der Waals surface area contributed by atoms with E-state index in [1.54, 1.807) is 4.90 Å². The average Bonchev–Trinajstić information content (AvgIpc) is 3.25. The Morgan fingerprint density at radius 1 is 1.04 bits per heavy atom. The van der Waals surface area contributed by atoms with Crippen LogP contribution in [-0.2, 0) is 5.41 Å². The number of rotatable bonds is 1. The summed E-state index contributed by atoms with van der Waals surface area (Å²) < 4.78 is 0. The summed E-state index contributed by atoms with van der Waals surface area (Å²) in [7, 11) is 0. The first-order chi connectivity index (χ1) is 12.7. The molecule has 2 amide bonds. The standard InChI is InChI=1S/C22H31N3O/c23-21(26)25-11-3-8-22(18-4-1-2-5-19(18)25)9-12-24(13-10-22)20-15-16-6-7-17(20)14-16/h1-2,4-5,16-17,20H,3,6-15H2,(H2,23,26)/t16-,17-,20?/m1/s1. The minimum atomic E-state index is -0.311. The molecule has 0 aromatic heterocycles. The van der Waals surface area contributed by atoms with E-state index in [4.69, 9.17) is 5.73 Å². The Bertz CT molecular complexity index is 694. The molecule has 1 aromatic rings. The molecule has 140 valence electrons. The van der Waals surface area contributed by atoms with Crippen LogP contribution in [0.15, 0.2) is 24.3 Å². The highest BCUT2D eigenvalue weighted by atomic mass is 16.2. The summed E-state index contributed by atoms with van der Waals surface area (Å²) in [5.74, 6) is 1.99. The van der Waals surface area contributed by atoms with E-state index in [0.717, 1.165) is 36.5 Å². The summed E-state index contributed by atoms with van der Waals surface area (Å²) in [5, 5.41) is 0. The quantitative estimate of drug-likeness (QED) is 0.833. The third-order valence-electron chi connectivity index (χ3n) is 7.99. The molecule has 5 rings (SSSR count). The van der Waals surface area contributed by atoms with Gasteiger partial charge in [-0.1, -0.05) is 24.6 Å². The molecule has 4 heteroatoms. The van der Waals surface area contributed by atoms with Gasteiger partial charge in [-0.05, 0) is 86.9 Å². The normalized spacial score (nSPS) is 33.2. The first-order valence-electron chi connectivity index (χ1n) is 10.6. The van der Waals surface area contributed by atoms with E-state index in [1.165, 1.54) is 63.6 Å². The molecule has 4 nitrogen and oxygen atoms in total. The van der Waals surface area contributed by atoms with Crippen molar-refractivity contribution >= 4 is 11.7 Å². The zero-order valence-electron chi connectivity index (χ0n) is 15.7. The maximum atomic E-state index is 12.0. The van der Waals surface area contributed by atoms with Crippen LogP contribution < -0.4 is 10.6 Å². The minimum absolute atomic E-state index is 0.231. The van der Waals surface area contributed by atoms with Gasteiger partial charge in [0.05, 0.1) is 0 Å². The van der Waals surface area contributed by atoms with Gasteiger partial charge in [0.15, 0.2) is 0 Å². The molecule has 2 N–H and O–H groups in total. The number of piperidine rings is 1. The number of hydrogen-bond donors (Lipinski definition) is 1. The number of para-hydroxylation sites is 1. The number of hydrogen-bond acceptors (Lipinski definition) is 2. The fourth-order valence-electron chi connectivity index (χ4n) is 6.68. The van der Waals surface area contributed by atoms with Crippen molar-refractivity contribution in [2.24, 2.45) is 17.6 Å². The molecular weight excluding hydrogens is 322 g/mol. The van der Waals surface area contributed by atoms with Crippen molar-refractivity contribution in [1.82, 2.24) is 4.90 Å². The van der Waals surface area contributed by atoms with Gasteiger partial charge in [-0.15, -0.1) is 0 Å². The van der Waals surface area contributed by atoms with Gasteiger partial charge in [0.1, 0.15) is 0 Å². The molecule has 3 atom stereocenters. The van der Waals surface area contributed by atoms with E-state index in [9.17, 15) is 4.79 Å².